The van der Waals surface area contributed by atoms with Crippen LogP contribution in [0.5, 0.6) is 5.88 Å². The number of thiophene rings is 1. The van der Waals surface area contributed by atoms with Gasteiger partial charge in [-0.3, -0.25) is 9.80 Å². The van der Waals surface area contributed by atoms with Crippen molar-refractivity contribution in [3.8, 4) is 17.1 Å². The van der Waals surface area contributed by atoms with Crippen LogP contribution in [0.3, 0.4) is 0 Å². The summed E-state index contributed by atoms with van der Waals surface area (Å²) < 4.78 is 30.8. The van der Waals surface area contributed by atoms with Crippen molar-refractivity contribution in [2.45, 2.75) is 50.4 Å². The fourth-order valence-electron chi connectivity index (χ4n) is 6.58. The van der Waals surface area contributed by atoms with Crippen LogP contribution in [-0.2, 0) is 22.1 Å². The van der Waals surface area contributed by atoms with Gasteiger partial charge in [-0.1, -0.05) is 0 Å². The quantitative estimate of drug-likeness (QED) is 0.376. The second-order valence-corrected chi connectivity index (χ2v) is 15.2. The Hall–Kier alpha value is -2.38. The molecule has 0 N–H and O–H groups in total. The summed E-state index contributed by atoms with van der Waals surface area (Å²) in [6.45, 7) is 9.55. The summed E-state index contributed by atoms with van der Waals surface area (Å²) in [6, 6.07) is 2.59. The largest absolute Gasteiger partial charge is 0.481 e. The first-order valence-corrected chi connectivity index (χ1v) is 18.1. The van der Waals surface area contributed by atoms with Crippen molar-refractivity contribution in [2.24, 2.45) is 0 Å². The minimum absolute atomic E-state index is 0.135. The lowest BCUT2D eigenvalue weighted by molar-refractivity contribution is 0.0620. The molecule has 0 bridgehead atoms. The number of pyridine rings is 1. The number of sulfone groups is 1. The number of hydrogen-bond acceptors (Lipinski definition) is 11. The molecular formula is C30H43N7O3S2. The molecule has 0 spiro atoms. The molecule has 0 saturated carbocycles. The molecule has 3 aromatic rings. The summed E-state index contributed by atoms with van der Waals surface area (Å²) in [5.74, 6) is 0.949. The number of likely N-dealkylation sites (tertiary alicyclic amines) is 1. The molecule has 0 radical (unpaired) electrons. The van der Waals surface area contributed by atoms with Crippen LogP contribution in [0.2, 0.25) is 0 Å². The van der Waals surface area contributed by atoms with Crippen LogP contribution in [0.1, 0.15) is 43.2 Å². The van der Waals surface area contributed by atoms with E-state index in [0.29, 0.717) is 11.4 Å². The van der Waals surface area contributed by atoms with Crippen LogP contribution < -0.4 is 9.64 Å². The maximum absolute atomic E-state index is 12.2. The summed E-state index contributed by atoms with van der Waals surface area (Å²) in [5.41, 5.74) is 4.39. The summed E-state index contributed by atoms with van der Waals surface area (Å²) in [6.07, 6.45) is 9.03. The predicted octanol–water partition coefficient (Wildman–Crippen LogP) is 3.51. The van der Waals surface area contributed by atoms with Gasteiger partial charge in [0.25, 0.3) is 0 Å². The molecule has 6 heterocycles. The van der Waals surface area contributed by atoms with Crippen molar-refractivity contribution in [3.63, 3.8) is 0 Å². The zero-order valence-electron chi connectivity index (χ0n) is 25.1. The minimum Gasteiger partial charge on any atom is -0.481 e. The molecule has 12 heteroatoms. The van der Waals surface area contributed by atoms with Gasteiger partial charge >= 0.3 is 0 Å². The van der Waals surface area contributed by atoms with Crippen LogP contribution in [0, 0.1) is 0 Å². The van der Waals surface area contributed by atoms with Crippen LogP contribution >= 0.6 is 11.3 Å². The highest BCUT2D eigenvalue weighted by Gasteiger charge is 2.28. The topological polar surface area (TPSA) is 95.0 Å². The standard InChI is InChI=1S/C30H43N7O3S2/c1-34-11-7-25(8-12-34)36-15-13-35(14-16-36)19-24-20-41-28-26(32-30(33-27(24)28)37-9-5-4-6-10-37)22-17-23(21-42(3,38)39)29(40-2)31-18-22/h17-18,20,25H,4-16,19,21H2,1-3H3. The molecule has 0 aliphatic carbocycles. The van der Waals surface area contributed by atoms with E-state index in [1.165, 1.54) is 51.3 Å². The van der Waals surface area contributed by atoms with E-state index in [4.69, 9.17) is 14.7 Å². The van der Waals surface area contributed by atoms with Gasteiger partial charge in [0.15, 0.2) is 9.84 Å². The molecule has 228 valence electrons. The van der Waals surface area contributed by atoms with Gasteiger partial charge < -0.3 is 14.5 Å². The molecule has 3 saturated heterocycles. The lowest BCUT2D eigenvalue weighted by Crippen LogP contribution is -2.52. The zero-order chi connectivity index (χ0) is 29.3. The Bertz CT molecular complexity index is 1490. The van der Waals surface area contributed by atoms with E-state index in [-0.39, 0.29) is 5.75 Å². The zero-order valence-corrected chi connectivity index (χ0v) is 26.7. The molecule has 0 aromatic carbocycles. The third kappa shape index (κ3) is 6.72. The fraction of sp³-hybridized carbons (Fsp3) is 0.633. The van der Waals surface area contributed by atoms with Gasteiger partial charge in [0.1, 0.15) is 0 Å². The number of methoxy groups -OCH3 is 1. The molecule has 0 amide bonds. The molecule has 0 unspecified atom stereocenters. The van der Waals surface area contributed by atoms with E-state index >= 15 is 0 Å². The Morgan fingerprint density at radius 3 is 2.40 bits per heavy atom. The number of ether oxygens (including phenoxy) is 1. The molecule has 0 atom stereocenters. The van der Waals surface area contributed by atoms with E-state index in [2.05, 4.69) is 37.0 Å². The highest BCUT2D eigenvalue weighted by Crippen LogP contribution is 2.37. The summed E-state index contributed by atoms with van der Waals surface area (Å²) in [7, 11) is 0.473. The number of aromatic nitrogens is 3. The Morgan fingerprint density at radius 1 is 0.976 bits per heavy atom. The Balaban J connectivity index is 1.29. The average Bonchev–Trinajstić information content (AvgIpc) is 3.39. The Labute approximate surface area is 253 Å². The first-order valence-electron chi connectivity index (χ1n) is 15.2. The summed E-state index contributed by atoms with van der Waals surface area (Å²) >= 11 is 1.67. The maximum atomic E-state index is 12.2. The number of anilines is 1. The van der Waals surface area contributed by atoms with Crippen LogP contribution in [0.4, 0.5) is 5.95 Å². The summed E-state index contributed by atoms with van der Waals surface area (Å²) in [5, 5.41) is 2.24. The highest BCUT2D eigenvalue weighted by atomic mass is 32.2. The molecule has 3 fully saturated rings. The van der Waals surface area contributed by atoms with Gasteiger partial charge in [-0.15, -0.1) is 11.3 Å². The number of fused-ring (bicyclic) bond motifs is 1. The lowest BCUT2D eigenvalue weighted by atomic mass is 10.0. The average molecular weight is 614 g/mol. The van der Waals surface area contributed by atoms with Gasteiger partial charge in [-0.2, -0.15) is 0 Å². The van der Waals surface area contributed by atoms with Gasteiger partial charge in [0, 0.05) is 81.0 Å². The Kier molecular flexibility index (Phi) is 8.97. The van der Waals surface area contributed by atoms with Gasteiger partial charge in [0.2, 0.25) is 11.8 Å². The number of nitrogens with zero attached hydrogens (tertiary/aromatic N) is 7. The normalized spacial score (nSPS) is 20.4. The van der Waals surface area contributed by atoms with Gasteiger partial charge in [0.05, 0.1) is 28.8 Å². The van der Waals surface area contributed by atoms with Crippen LogP contribution in [0.15, 0.2) is 17.6 Å². The molecule has 3 aliphatic rings. The third-order valence-corrected chi connectivity index (χ3v) is 10.8. The molecule has 3 aromatic heterocycles. The first kappa shape index (κ1) is 29.7. The van der Waals surface area contributed by atoms with Crippen molar-refractivity contribution in [3.05, 3.63) is 28.8 Å². The van der Waals surface area contributed by atoms with Crippen molar-refractivity contribution in [2.75, 3.05) is 77.7 Å². The van der Waals surface area contributed by atoms with Crippen LogP contribution in [0.25, 0.3) is 21.5 Å². The van der Waals surface area contributed by atoms with Gasteiger partial charge in [-0.05, 0) is 63.7 Å². The second kappa shape index (κ2) is 12.7. The SMILES string of the molecule is COc1ncc(-c2nc(N3CCCCC3)nc3c(CN4CCN(C5CCN(C)CC5)CC4)csc23)cc1CS(C)(=O)=O. The number of hydrogen-bond donors (Lipinski definition) is 0. The Morgan fingerprint density at radius 2 is 1.71 bits per heavy atom. The van der Waals surface area contributed by atoms with Crippen molar-refractivity contribution >= 4 is 37.3 Å². The van der Waals surface area contributed by atoms with E-state index in [1.54, 1.807) is 17.5 Å². The highest BCUT2D eigenvalue weighted by molar-refractivity contribution is 7.89. The lowest BCUT2D eigenvalue weighted by Gasteiger charge is -2.42. The van der Waals surface area contributed by atoms with E-state index in [9.17, 15) is 8.42 Å². The number of rotatable bonds is 8. The third-order valence-electron chi connectivity index (χ3n) is 8.93. The summed E-state index contributed by atoms with van der Waals surface area (Å²) in [4.78, 5) is 24.7. The second-order valence-electron chi connectivity index (χ2n) is 12.2. The molecular weight excluding hydrogens is 571 g/mol. The number of piperidine rings is 2. The van der Waals surface area contributed by atoms with Crippen molar-refractivity contribution < 1.29 is 13.2 Å². The smallest absolute Gasteiger partial charge is 0.226 e. The number of piperazine rings is 1. The maximum Gasteiger partial charge on any atom is 0.226 e. The van der Waals surface area contributed by atoms with Crippen molar-refractivity contribution in [1.29, 1.82) is 0 Å². The van der Waals surface area contributed by atoms with Crippen molar-refractivity contribution in [1.82, 2.24) is 29.7 Å². The van der Waals surface area contributed by atoms with E-state index in [1.807, 2.05) is 6.07 Å². The van der Waals surface area contributed by atoms with E-state index in [0.717, 1.165) is 92.1 Å². The van der Waals surface area contributed by atoms with E-state index < -0.39 is 9.84 Å². The first-order chi connectivity index (χ1) is 20.3. The van der Waals surface area contributed by atoms with Gasteiger partial charge in [-0.25, -0.2) is 23.4 Å². The molecule has 3 aliphatic heterocycles. The molecule has 42 heavy (non-hydrogen) atoms. The molecule has 10 nitrogen and oxygen atoms in total. The fourth-order valence-corrected chi connectivity index (χ4v) is 8.36. The van der Waals surface area contributed by atoms with Crippen LogP contribution in [-0.4, -0.2) is 117 Å². The predicted molar refractivity (Wildman–Crippen MR) is 169 cm³/mol. The minimum atomic E-state index is -3.27. The monoisotopic (exact) mass is 613 g/mol. The molecule has 6 rings (SSSR count).